The maximum atomic E-state index is 6.12. The molecule has 0 spiro atoms. The van der Waals surface area contributed by atoms with Crippen LogP contribution in [0.2, 0.25) is 5.02 Å². The van der Waals surface area contributed by atoms with Crippen molar-refractivity contribution in [3.63, 3.8) is 0 Å². The Hall–Kier alpha value is -1.63. The number of hydrazone groups is 1. The van der Waals surface area contributed by atoms with Gasteiger partial charge in [-0.25, -0.2) is 0 Å². The Labute approximate surface area is 151 Å². The summed E-state index contributed by atoms with van der Waals surface area (Å²) in [4.78, 5) is 4.97. The molecule has 1 aromatic heterocycles. The molecule has 0 saturated carbocycles. The zero-order valence-electron chi connectivity index (χ0n) is 12.8. The Kier molecular flexibility index (Phi) is 6.38. The first-order chi connectivity index (χ1) is 11.0. The summed E-state index contributed by atoms with van der Waals surface area (Å²) in [5.41, 5.74) is 7.06. The molecule has 1 heterocycles. The molecular formula is C16H17ClN4S2. The second kappa shape index (κ2) is 8.29. The SMILES string of the molecule is CC(=NNCS)c1ccc(C(=S)Nc2ccc(C)c(Cl)c2)cn1. The fourth-order valence-corrected chi connectivity index (χ4v) is 2.32. The molecule has 2 rings (SSSR count). The van der Waals surface area contributed by atoms with Crippen molar-refractivity contribution in [1.29, 1.82) is 0 Å². The topological polar surface area (TPSA) is 49.3 Å². The minimum absolute atomic E-state index is 0.475. The van der Waals surface area contributed by atoms with Gasteiger partial charge in [0.1, 0.15) is 4.99 Å². The van der Waals surface area contributed by atoms with E-state index in [0.29, 0.717) is 15.9 Å². The number of aromatic nitrogens is 1. The molecule has 0 fully saturated rings. The van der Waals surface area contributed by atoms with E-state index in [1.807, 2.05) is 44.2 Å². The van der Waals surface area contributed by atoms with Crippen LogP contribution in [0.25, 0.3) is 0 Å². The first kappa shape index (κ1) is 17.7. The van der Waals surface area contributed by atoms with Gasteiger partial charge in [-0.05, 0) is 43.7 Å². The molecule has 7 heteroatoms. The first-order valence-corrected chi connectivity index (χ1v) is 8.35. The predicted molar refractivity (Wildman–Crippen MR) is 105 cm³/mol. The largest absolute Gasteiger partial charge is 0.346 e. The van der Waals surface area contributed by atoms with Gasteiger partial charge >= 0.3 is 0 Å². The summed E-state index contributed by atoms with van der Waals surface area (Å²) in [6, 6.07) is 9.53. The lowest BCUT2D eigenvalue weighted by Crippen LogP contribution is -2.12. The number of thiocarbonyl (C=S) groups is 1. The third-order valence-electron chi connectivity index (χ3n) is 3.14. The van der Waals surface area contributed by atoms with Crippen molar-refractivity contribution in [3.05, 3.63) is 58.4 Å². The van der Waals surface area contributed by atoms with Gasteiger partial charge in [0.15, 0.2) is 0 Å². The lowest BCUT2D eigenvalue weighted by atomic mass is 10.2. The molecule has 1 aromatic carbocycles. The van der Waals surface area contributed by atoms with Gasteiger partial charge in [-0.15, -0.1) is 0 Å². The van der Waals surface area contributed by atoms with E-state index >= 15 is 0 Å². The molecule has 0 amide bonds. The van der Waals surface area contributed by atoms with Crippen LogP contribution in [-0.4, -0.2) is 21.6 Å². The number of nitrogens with zero attached hydrogens (tertiary/aromatic N) is 2. The first-order valence-electron chi connectivity index (χ1n) is 6.93. The lowest BCUT2D eigenvalue weighted by Gasteiger charge is -2.10. The van der Waals surface area contributed by atoms with Crippen molar-refractivity contribution in [2.45, 2.75) is 13.8 Å². The predicted octanol–water partition coefficient (Wildman–Crippen LogP) is 4.03. The van der Waals surface area contributed by atoms with Gasteiger partial charge in [0.05, 0.1) is 17.3 Å². The van der Waals surface area contributed by atoms with Crippen LogP contribution in [0.5, 0.6) is 0 Å². The molecule has 0 aliphatic heterocycles. The number of benzene rings is 1. The molecule has 0 atom stereocenters. The number of rotatable bonds is 5. The van der Waals surface area contributed by atoms with Crippen molar-refractivity contribution in [2.24, 2.45) is 5.10 Å². The van der Waals surface area contributed by atoms with Gasteiger partial charge in [0.2, 0.25) is 0 Å². The zero-order valence-corrected chi connectivity index (χ0v) is 15.3. The zero-order chi connectivity index (χ0) is 16.8. The highest BCUT2D eigenvalue weighted by Gasteiger charge is 2.06. The van der Waals surface area contributed by atoms with Crippen LogP contribution in [0.1, 0.15) is 23.7 Å². The van der Waals surface area contributed by atoms with Gasteiger partial charge in [-0.2, -0.15) is 17.7 Å². The van der Waals surface area contributed by atoms with Gasteiger partial charge in [0, 0.05) is 22.5 Å². The number of aryl methyl sites for hydroxylation is 1. The number of hydrogen-bond donors (Lipinski definition) is 3. The number of nitrogens with one attached hydrogen (secondary N) is 2. The third kappa shape index (κ3) is 4.92. The summed E-state index contributed by atoms with van der Waals surface area (Å²) < 4.78 is 0. The van der Waals surface area contributed by atoms with E-state index in [1.165, 1.54) is 0 Å². The minimum atomic E-state index is 0.475. The molecule has 0 radical (unpaired) electrons. The molecule has 2 aromatic rings. The van der Waals surface area contributed by atoms with E-state index in [9.17, 15) is 0 Å². The molecule has 0 aliphatic rings. The summed E-state index contributed by atoms with van der Waals surface area (Å²) >= 11 is 15.6. The Morgan fingerprint density at radius 1 is 1.35 bits per heavy atom. The van der Waals surface area contributed by atoms with E-state index in [4.69, 9.17) is 23.8 Å². The average molecular weight is 365 g/mol. The molecular weight excluding hydrogens is 348 g/mol. The van der Waals surface area contributed by atoms with Crippen LogP contribution in [0, 0.1) is 6.92 Å². The molecule has 0 unspecified atom stereocenters. The molecule has 23 heavy (non-hydrogen) atoms. The lowest BCUT2D eigenvalue weighted by molar-refractivity contribution is 0.873. The smallest absolute Gasteiger partial charge is 0.112 e. The number of hydrogen-bond acceptors (Lipinski definition) is 5. The van der Waals surface area contributed by atoms with Gasteiger partial charge < -0.3 is 10.7 Å². The normalized spacial score (nSPS) is 11.2. The van der Waals surface area contributed by atoms with E-state index in [2.05, 4.69) is 33.5 Å². The second-order valence-electron chi connectivity index (χ2n) is 4.86. The Bertz CT molecular complexity index is 729. The van der Waals surface area contributed by atoms with Crippen LogP contribution in [0.3, 0.4) is 0 Å². The fraction of sp³-hybridized carbons (Fsp3) is 0.188. The highest BCUT2D eigenvalue weighted by atomic mass is 35.5. The monoisotopic (exact) mass is 364 g/mol. The number of anilines is 1. The van der Waals surface area contributed by atoms with Crippen molar-refractivity contribution in [2.75, 3.05) is 11.2 Å². The maximum Gasteiger partial charge on any atom is 0.112 e. The summed E-state index contributed by atoms with van der Waals surface area (Å²) in [5.74, 6) is 0.475. The maximum absolute atomic E-state index is 6.12. The summed E-state index contributed by atoms with van der Waals surface area (Å²) in [5, 5.41) is 8.00. The fourth-order valence-electron chi connectivity index (χ4n) is 1.83. The number of halogens is 1. The standard InChI is InChI=1S/C16H17ClN4S2/c1-10-3-5-13(7-14(10)17)20-16(23)12-4-6-15(18-8-12)11(2)21-19-9-22/h3-8,19,22H,9H2,1-2H3,(H,20,23). The van der Waals surface area contributed by atoms with Crippen molar-refractivity contribution >= 4 is 52.8 Å². The van der Waals surface area contributed by atoms with Crippen molar-refractivity contribution in [1.82, 2.24) is 10.4 Å². The molecule has 0 aliphatic carbocycles. The minimum Gasteiger partial charge on any atom is -0.346 e. The molecule has 120 valence electrons. The second-order valence-corrected chi connectivity index (χ2v) is 6.00. The van der Waals surface area contributed by atoms with Crippen molar-refractivity contribution in [3.8, 4) is 0 Å². The molecule has 0 bridgehead atoms. The van der Waals surface area contributed by atoms with Gasteiger partial charge in [-0.3, -0.25) is 4.98 Å². The molecule has 4 nitrogen and oxygen atoms in total. The Morgan fingerprint density at radius 2 is 2.13 bits per heavy atom. The van der Waals surface area contributed by atoms with Crippen LogP contribution >= 0.6 is 36.4 Å². The van der Waals surface area contributed by atoms with Crippen LogP contribution in [0.4, 0.5) is 5.69 Å². The van der Waals surface area contributed by atoms with E-state index in [0.717, 1.165) is 28.2 Å². The van der Waals surface area contributed by atoms with E-state index in [1.54, 1.807) is 6.20 Å². The van der Waals surface area contributed by atoms with Crippen LogP contribution in [0.15, 0.2) is 41.6 Å². The third-order valence-corrected chi connectivity index (χ3v) is 4.03. The Morgan fingerprint density at radius 3 is 2.74 bits per heavy atom. The molecule has 2 N–H and O–H groups in total. The summed E-state index contributed by atoms with van der Waals surface area (Å²) in [6.45, 7) is 3.84. The Balaban J connectivity index is 2.09. The average Bonchev–Trinajstić information content (AvgIpc) is 2.56. The van der Waals surface area contributed by atoms with Crippen molar-refractivity contribution < 1.29 is 0 Å². The highest BCUT2D eigenvalue weighted by Crippen LogP contribution is 2.20. The summed E-state index contributed by atoms with van der Waals surface area (Å²) in [7, 11) is 0. The number of pyridine rings is 1. The number of thiol groups is 1. The highest BCUT2D eigenvalue weighted by molar-refractivity contribution is 7.81. The van der Waals surface area contributed by atoms with Crippen LogP contribution < -0.4 is 10.7 Å². The van der Waals surface area contributed by atoms with E-state index in [-0.39, 0.29) is 0 Å². The quantitative estimate of drug-likeness (QED) is 0.246. The van der Waals surface area contributed by atoms with Gasteiger partial charge in [-0.1, -0.05) is 29.9 Å². The van der Waals surface area contributed by atoms with Crippen LogP contribution in [-0.2, 0) is 0 Å². The van der Waals surface area contributed by atoms with E-state index < -0.39 is 0 Å². The van der Waals surface area contributed by atoms with Gasteiger partial charge in [0.25, 0.3) is 0 Å². The summed E-state index contributed by atoms with van der Waals surface area (Å²) in [6.07, 6.45) is 1.72. The molecule has 0 saturated heterocycles.